The third-order valence-corrected chi connectivity index (χ3v) is 11.7. The first kappa shape index (κ1) is 52.8. The highest BCUT2D eigenvalue weighted by molar-refractivity contribution is 6.39. The van der Waals surface area contributed by atoms with Gasteiger partial charge >= 0.3 is 7.32 Å². The minimum atomic E-state index is -2.33. The van der Waals surface area contributed by atoms with Gasteiger partial charge in [0.2, 0.25) is 0 Å². The van der Waals surface area contributed by atoms with E-state index >= 15 is 13.2 Å². The van der Waals surface area contributed by atoms with Gasteiger partial charge in [-0.1, -0.05) is 137 Å². The van der Waals surface area contributed by atoms with E-state index in [9.17, 15) is 26.3 Å². The molecule has 0 aliphatic rings. The number of rotatable bonds is 33. The fraction of sp³-hybridized carbons (Fsp3) is 0.625. The van der Waals surface area contributed by atoms with Crippen LogP contribution in [-0.4, -0.2) is 31.4 Å². The Morgan fingerprint density at radius 3 is 1.11 bits per heavy atom. The molecule has 0 radical (unpaired) electrons. The van der Waals surface area contributed by atoms with Gasteiger partial charge in [-0.3, -0.25) is 0 Å². The van der Waals surface area contributed by atoms with Gasteiger partial charge in [-0.05, 0) is 25.7 Å². The largest absolute Gasteiger partial charge is 0.864 e. The van der Waals surface area contributed by atoms with Gasteiger partial charge in [-0.2, -0.15) is 0 Å². The van der Waals surface area contributed by atoms with Crippen LogP contribution in [0.2, 0.25) is 0 Å². The van der Waals surface area contributed by atoms with Crippen LogP contribution in [0.3, 0.4) is 0 Å². The molecule has 0 heterocycles. The maximum atomic E-state index is 16.7. The van der Waals surface area contributed by atoms with Crippen molar-refractivity contribution in [3.8, 4) is 17.2 Å². The van der Waals surface area contributed by atoms with Crippen molar-refractivity contribution in [2.24, 2.45) is 0 Å². The Balaban J connectivity index is 1.99. The summed E-state index contributed by atoms with van der Waals surface area (Å²) in [5, 5.41) is 0. The summed E-state index contributed by atoms with van der Waals surface area (Å²) in [7, 11) is -2.33. The Bertz CT molecular complexity index is 1640. The molecule has 3 rings (SSSR count). The lowest BCUT2D eigenvalue weighted by Crippen LogP contribution is -2.53. The highest BCUT2D eigenvalue weighted by Gasteiger charge is 2.43. The molecule has 0 aliphatic heterocycles. The predicted octanol–water partition coefficient (Wildman–Crippen LogP) is 16.0. The standard InChI is InChI=1S/C48H68BF9NO3/c1-5-9-13-14-15-16-17-18-19-20-21-22-23-24-25-26-42(59(27-10-6-2,28-11-7-3)29-12-8-4)44-43(34-41(54)47(57)48(44)58)62-49(60-35-30-37(50)45(55)38(51)31-35)61-36-32-39(52)46(56)40(53)33-36/h30-34,42H,5-29H2,1-4H3/q+1. The van der Waals surface area contributed by atoms with Crippen LogP contribution < -0.4 is 14.0 Å². The van der Waals surface area contributed by atoms with E-state index in [-0.39, 0.29) is 5.56 Å². The molecule has 62 heavy (non-hydrogen) atoms. The van der Waals surface area contributed by atoms with Crippen molar-refractivity contribution in [3.05, 3.63) is 88.3 Å². The number of halogens is 9. The van der Waals surface area contributed by atoms with Crippen molar-refractivity contribution in [2.75, 3.05) is 19.6 Å². The Morgan fingerprint density at radius 1 is 0.403 bits per heavy atom. The SMILES string of the molecule is CCCCCCCCCCCCCCCCCC(c1c(OB(Oc2cc(F)c(F)c(F)c2)Oc2cc(F)c(F)c(F)c2)cc(F)c(F)c1F)[N+](CCCC)(CCCC)CCCC. The van der Waals surface area contributed by atoms with Crippen molar-refractivity contribution < 1.29 is 58.0 Å². The van der Waals surface area contributed by atoms with Gasteiger partial charge in [0.25, 0.3) is 0 Å². The van der Waals surface area contributed by atoms with Crippen LogP contribution in [0.25, 0.3) is 0 Å². The van der Waals surface area contributed by atoms with Gasteiger partial charge < -0.3 is 18.4 Å². The zero-order valence-electron chi connectivity index (χ0n) is 37.3. The van der Waals surface area contributed by atoms with Crippen molar-refractivity contribution in [2.45, 2.75) is 175 Å². The average Bonchev–Trinajstić information content (AvgIpc) is 3.24. The number of hydrogen-bond donors (Lipinski definition) is 0. The summed E-state index contributed by atoms with van der Waals surface area (Å²) in [5.74, 6) is -17.3. The smallest absolute Gasteiger partial charge is 0.489 e. The molecule has 0 N–H and O–H groups in total. The van der Waals surface area contributed by atoms with Crippen molar-refractivity contribution in [1.29, 1.82) is 0 Å². The summed E-state index contributed by atoms with van der Waals surface area (Å²) in [6.07, 6.45) is 22.2. The van der Waals surface area contributed by atoms with E-state index < -0.39 is 83.0 Å². The van der Waals surface area contributed by atoms with Gasteiger partial charge in [0.05, 0.1) is 25.2 Å². The van der Waals surface area contributed by atoms with E-state index in [2.05, 4.69) is 6.92 Å². The molecule has 0 aliphatic carbocycles. The minimum Gasteiger partial charge on any atom is -0.489 e. The first-order chi connectivity index (χ1) is 29.8. The Labute approximate surface area is 364 Å². The fourth-order valence-corrected chi connectivity index (χ4v) is 8.22. The Kier molecular flexibility index (Phi) is 24.1. The van der Waals surface area contributed by atoms with E-state index in [1.807, 2.05) is 20.8 Å². The van der Waals surface area contributed by atoms with Gasteiger partial charge in [-0.15, -0.1) is 0 Å². The zero-order valence-corrected chi connectivity index (χ0v) is 37.3. The molecule has 1 atom stereocenters. The summed E-state index contributed by atoms with van der Waals surface area (Å²) in [5.41, 5.74) is -0.317. The molecule has 3 aromatic rings. The second-order valence-electron chi connectivity index (χ2n) is 16.6. The molecule has 0 saturated carbocycles. The normalized spacial score (nSPS) is 12.2. The number of benzene rings is 3. The molecule has 3 aromatic carbocycles. The molecule has 1 unspecified atom stereocenters. The molecule has 0 fully saturated rings. The number of unbranched alkanes of at least 4 members (excludes halogenated alkanes) is 17. The topological polar surface area (TPSA) is 27.7 Å². The molecule has 0 saturated heterocycles. The first-order valence-corrected chi connectivity index (χ1v) is 23.1. The second-order valence-corrected chi connectivity index (χ2v) is 16.6. The fourth-order valence-electron chi connectivity index (χ4n) is 8.22. The van der Waals surface area contributed by atoms with E-state index in [1.54, 1.807) is 0 Å². The van der Waals surface area contributed by atoms with Crippen molar-refractivity contribution >= 4 is 7.32 Å². The summed E-state index contributed by atoms with van der Waals surface area (Å²) in [6, 6.07) is 1.54. The summed E-state index contributed by atoms with van der Waals surface area (Å²) >= 11 is 0. The van der Waals surface area contributed by atoms with E-state index in [0.717, 1.165) is 70.6 Å². The molecular formula is C48H68BF9NO3+. The molecule has 0 amide bonds. The van der Waals surface area contributed by atoms with Gasteiger partial charge in [0.15, 0.2) is 52.4 Å². The number of hydrogen-bond acceptors (Lipinski definition) is 3. The summed E-state index contributed by atoms with van der Waals surface area (Å²) < 4.78 is 150. The summed E-state index contributed by atoms with van der Waals surface area (Å²) in [4.78, 5) is 0. The van der Waals surface area contributed by atoms with Crippen LogP contribution in [0.15, 0.2) is 30.3 Å². The van der Waals surface area contributed by atoms with Crippen molar-refractivity contribution in [1.82, 2.24) is 0 Å². The Hall–Kier alpha value is -3.55. The summed E-state index contributed by atoms with van der Waals surface area (Å²) in [6.45, 7) is 10.1. The maximum absolute atomic E-state index is 16.7. The van der Waals surface area contributed by atoms with Gasteiger partial charge in [0, 0.05) is 36.8 Å². The van der Waals surface area contributed by atoms with E-state index in [4.69, 9.17) is 14.0 Å². The van der Waals surface area contributed by atoms with Gasteiger partial charge in [0.1, 0.15) is 23.3 Å². The quantitative estimate of drug-likeness (QED) is 0.0200. The lowest BCUT2D eigenvalue weighted by molar-refractivity contribution is -0.958. The lowest BCUT2D eigenvalue weighted by atomic mass is 9.92. The molecule has 348 valence electrons. The monoisotopic (exact) mass is 889 g/mol. The predicted molar refractivity (Wildman–Crippen MR) is 228 cm³/mol. The highest BCUT2D eigenvalue weighted by atomic mass is 19.2. The molecule has 0 aromatic heterocycles. The maximum Gasteiger partial charge on any atom is 0.864 e. The van der Waals surface area contributed by atoms with E-state index in [1.165, 1.54) is 57.8 Å². The average molecular weight is 889 g/mol. The molecule has 0 bridgehead atoms. The second kappa shape index (κ2) is 28.3. The van der Waals surface area contributed by atoms with Crippen LogP contribution in [0, 0.1) is 52.4 Å². The molecular weight excluding hydrogens is 820 g/mol. The van der Waals surface area contributed by atoms with Crippen LogP contribution in [0.4, 0.5) is 39.5 Å². The third-order valence-electron chi connectivity index (χ3n) is 11.7. The lowest BCUT2D eigenvalue weighted by Gasteiger charge is -2.46. The molecule has 14 heteroatoms. The number of quaternary nitrogens is 1. The third kappa shape index (κ3) is 16.5. The number of nitrogens with zero attached hydrogens (tertiary/aromatic N) is 1. The van der Waals surface area contributed by atoms with Crippen LogP contribution in [0.5, 0.6) is 17.2 Å². The van der Waals surface area contributed by atoms with Crippen LogP contribution in [0.1, 0.15) is 181 Å². The molecule has 4 nitrogen and oxygen atoms in total. The van der Waals surface area contributed by atoms with Crippen LogP contribution in [-0.2, 0) is 0 Å². The first-order valence-electron chi connectivity index (χ1n) is 23.1. The van der Waals surface area contributed by atoms with Crippen molar-refractivity contribution in [3.63, 3.8) is 0 Å². The zero-order chi connectivity index (χ0) is 45.5. The van der Waals surface area contributed by atoms with E-state index in [0.29, 0.717) is 67.3 Å². The minimum absolute atomic E-state index is 0.317. The van der Waals surface area contributed by atoms with Crippen LogP contribution >= 0.6 is 0 Å². The Morgan fingerprint density at radius 2 is 0.742 bits per heavy atom. The van der Waals surface area contributed by atoms with Gasteiger partial charge in [-0.25, -0.2) is 39.5 Å². The highest BCUT2D eigenvalue weighted by Crippen LogP contribution is 2.43. The molecule has 0 spiro atoms.